The van der Waals surface area contributed by atoms with Gasteiger partial charge in [0.25, 0.3) is 0 Å². The predicted molar refractivity (Wildman–Crippen MR) is 352 cm³/mol. The van der Waals surface area contributed by atoms with Crippen LogP contribution in [0.2, 0.25) is 0 Å². The molecule has 0 spiro atoms. The number of aromatic nitrogens is 8. The molecule has 4 aromatic carbocycles. The third-order valence-electron chi connectivity index (χ3n) is 20.1. The van der Waals surface area contributed by atoms with Gasteiger partial charge in [0.2, 0.25) is 5.95 Å². The van der Waals surface area contributed by atoms with Gasteiger partial charge < -0.3 is 68.0 Å². The first-order valence-corrected chi connectivity index (χ1v) is 33.6. The molecule has 2 N–H and O–H groups in total. The van der Waals surface area contributed by atoms with Gasteiger partial charge in [-0.25, -0.2) is 19.9 Å². The minimum Gasteiger partial charge on any atom is -0.488 e. The van der Waals surface area contributed by atoms with E-state index in [2.05, 4.69) is 122 Å². The number of fused-ring (bicyclic) bond motifs is 3. The lowest BCUT2D eigenvalue weighted by Gasteiger charge is -2.45. The molecule has 0 amide bonds. The van der Waals surface area contributed by atoms with Crippen molar-refractivity contribution in [1.82, 2.24) is 44.8 Å². The Labute approximate surface area is 532 Å². The molecule has 8 heterocycles. The molecular weight excluding hydrogens is 1150 g/mol. The molecule has 8 aromatic rings. The summed E-state index contributed by atoms with van der Waals surface area (Å²) in [5.41, 5.74) is 10.1. The minimum absolute atomic E-state index is 0.0278. The molecule has 15 rings (SSSR count). The number of imidazole rings is 1. The van der Waals surface area contributed by atoms with E-state index in [1.165, 1.54) is 0 Å². The summed E-state index contributed by atoms with van der Waals surface area (Å²) in [5.74, 6) is 3.39. The van der Waals surface area contributed by atoms with Gasteiger partial charge >= 0.3 is 0 Å². The van der Waals surface area contributed by atoms with Gasteiger partial charge in [-0.1, -0.05) is 18.2 Å². The number of ether oxygens (including phenoxy) is 7. The zero-order valence-corrected chi connectivity index (χ0v) is 52.6. The van der Waals surface area contributed by atoms with Crippen LogP contribution in [0.15, 0.2) is 110 Å². The maximum Gasteiger partial charge on any atom is 0.207 e. The smallest absolute Gasteiger partial charge is 0.207 e. The summed E-state index contributed by atoms with van der Waals surface area (Å²) in [6.45, 7) is 10.8. The molecule has 91 heavy (non-hydrogen) atoms. The molecule has 21 nitrogen and oxygen atoms in total. The number of nitrogens with one attached hydrogen (secondary N) is 2. The van der Waals surface area contributed by atoms with Crippen molar-refractivity contribution in [3.05, 3.63) is 116 Å². The second kappa shape index (κ2) is 27.3. The van der Waals surface area contributed by atoms with Crippen molar-refractivity contribution in [2.45, 2.75) is 145 Å². The summed E-state index contributed by atoms with van der Waals surface area (Å²) in [4.78, 5) is 43.8. The highest BCUT2D eigenvalue weighted by atomic mass is 16.5. The van der Waals surface area contributed by atoms with Gasteiger partial charge in [-0.15, -0.1) is 0 Å². The molecule has 3 unspecified atom stereocenters. The van der Waals surface area contributed by atoms with Crippen molar-refractivity contribution in [2.24, 2.45) is 13.0 Å². The highest BCUT2D eigenvalue weighted by molar-refractivity contribution is 5.87. The Hall–Kier alpha value is -7.69. The van der Waals surface area contributed by atoms with Crippen LogP contribution in [-0.4, -0.2) is 173 Å². The maximum atomic E-state index is 7.18. The molecular formula is C70H86N14O7. The van der Waals surface area contributed by atoms with E-state index < -0.39 is 0 Å². The van der Waals surface area contributed by atoms with E-state index in [9.17, 15) is 0 Å². The number of para-hydroxylation sites is 1. The van der Waals surface area contributed by atoms with Crippen molar-refractivity contribution >= 4 is 61.8 Å². The van der Waals surface area contributed by atoms with Crippen molar-refractivity contribution in [3.8, 4) is 17.2 Å². The fraction of sp³-hybridized carbons (Fsp3) is 0.529. The van der Waals surface area contributed by atoms with E-state index in [0.717, 1.165) is 208 Å². The van der Waals surface area contributed by atoms with E-state index in [4.69, 9.17) is 68.0 Å². The van der Waals surface area contributed by atoms with Crippen LogP contribution in [0.4, 0.5) is 28.7 Å². The van der Waals surface area contributed by atoms with Gasteiger partial charge in [-0.05, 0) is 121 Å². The highest BCUT2D eigenvalue weighted by Gasteiger charge is 2.41. The number of benzene rings is 4. The number of anilines is 5. The van der Waals surface area contributed by atoms with Crippen molar-refractivity contribution < 1.29 is 33.2 Å². The topological polar surface area (TPSA) is 197 Å². The average Bonchev–Trinajstić information content (AvgIpc) is 1.82. The normalized spacial score (nSPS) is 26.2. The Balaban J connectivity index is 0.634. The second-order valence-corrected chi connectivity index (χ2v) is 26.1. The molecule has 3 saturated carbocycles. The van der Waals surface area contributed by atoms with Gasteiger partial charge in [-0.2, -0.15) is 0 Å². The summed E-state index contributed by atoms with van der Waals surface area (Å²) >= 11 is 0. The Morgan fingerprint density at radius 3 is 1.64 bits per heavy atom. The van der Waals surface area contributed by atoms with Gasteiger partial charge in [-0.3, -0.25) is 15.0 Å². The standard InChI is InChI=1S/C70H86N14O7/c1-46-43-80(2)70(77-46)84(66-45-83(29-35-88-66)53-38-61-68(75-24-22-73-61)63(41-53)89-54-12-8-48(9-13-54)78-49-18-30-85-31-19-49)50-10-14-55(15-11-50)90-62-40-52(37-60-67(62)74-23-21-72-60)82-28-34-87-65(44-82)57-42-56(16-17-58(57)79-47-6-4-3-5-7-47)91-64-39-51(81-26-32-86-33-27-81)36-59-69(64)76-25-20-71-59/h3-7,20-25,36-41,43,48-50,54-58,65-66,78-79H,8-19,26-35,42,44-45H2,1-2H3/t48-,50-,54+,55+,56-,57?,58+,65?,66?/m0/s1. The molecule has 478 valence electrons. The lowest BCUT2D eigenvalue weighted by molar-refractivity contribution is -0.0298. The van der Waals surface area contributed by atoms with Gasteiger partial charge in [0.1, 0.15) is 40.0 Å². The fourth-order valence-electron chi connectivity index (χ4n) is 15.4. The average molecular weight is 1240 g/mol. The third-order valence-corrected chi connectivity index (χ3v) is 20.1. The predicted octanol–water partition coefficient (Wildman–Crippen LogP) is 9.85. The Morgan fingerprint density at radius 2 is 1.03 bits per heavy atom. The summed E-state index contributed by atoms with van der Waals surface area (Å²) < 4.78 is 48.4. The van der Waals surface area contributed by atoms with Gasteiger partial charge in [0.15, 0.2) is 0 Å². The molecule has 7 fully saturated rings. The van der Waals surface area contributed by atoms with E-state index in [0.29, 0.717) is 51.6 Å². The van der Waals surface area contributed by atoms with E-state index in [1.807, 2.05) is 0 Å². The van der Waals surface area contributed by atoms with E-state index in [1.54, 1.807) is 37.2 Å². The molecule has 21 heteroatoms. The van der Waals surface area contributed by atoms with Crippen LogP contribution in [0.3, 0.4) is 0 Å². The van der Waals surface area contributed by atoms with Crippen LogP contribution in [-0.2, 0) is 26.0 Å². The minimum atomic E-state index is -0.255. The number of hydrogen-bond donors (Lipinski definition) is 2. The van der Waals surface area contributed by atoms with E-state index >= 15 is 0 Å². The van der Waals surface area contributed by atoms with Crippen LogP contribution < -0.4 is 44.4 Å². The zero-order valence-electron chi connectivity index (χ0n) is 52.6. The SMILES string of the molecule is Cc1cn(C)c(N(C2CN(c3cc(O[C@H]4CC[C@@H](NC5CCOCC5)CC4)c4nccnc4c3)CCO2)[C@H]2CC[C@@H](Oc3cc(N4CCOC(C5C[C@@H](Oc6cc(N7CCOCC7)cc7nccnc67)CC[C@H]5Nc5ccccc5)C4)cc4nccnc34)CC2)n1. The van der Waals surface area contributed by atoms with Crippen LogP contribution in [0.1, 0.15) is 89.2 Å². The van der Waals surface area contributed by atoms with Crippen LogP contribution in [0, 0.1) is 12.8 Å². The molecule has 4 aromatic heterocycles. The summed E-state index contributed by atoms with van der Waals surface area (Å²) in [5, 5.41) is 7.87. The largest absolute Gasteiger partial charge is 0.488 e. The Morgan fingerprint density at radius 1 is 0.516 bits per heavy atom. The van der Waals surface area contributed by atoms with Crippen LogP contribution in [0.25, 0.3) is 33.1 Å². The molecule has 4 aliphatic heterocycles. The van der Waals surface area contributed by atoms with Crippen LogP contribution >= 0.6 is 0 Å². The van der Waals surface area contributed by atoms with E-state index in [-0.39, 0.29) is 48.6 Å². The zero-order chi connectivity index (χ0) is 61.0. The molecule has 7 aliphatic rings. The van der Waals surface area contributed by atoms with Gasteiger partial charge in [0, 0.05) is 167 Å². The fourth-order valence-corrected chi connectivity index (χ4v) is 15.4. The number of morpholine rings is 3. The van der Waals surface area contributed by atoms with Crippen molar-refractivity contribution in [1.29, 1.82) is 0 Å². The Bertz CT molecular complexity index is 3740. The van der Waals surface area contributed by atoms with Crippen molar-refractivity contribution in [3.63, 3.8) is 0 Å². The second-order valence-electron chi connectivity index (χ2n) is 26.1. The first-order chi connectivity index (χ1) is 44.8. The number of rotatable bonds is 17. The molecule has 4 saturated heterocycles. The number of hydrogen-bond acceptors (Lipinski definition) is 20. The monoisotopic (exact) mass is 1230 g/mol. The Kier molecular flexibility index (Phi) is 17.9. The first-order valence-electron chi connectivity index (χ1n) is 33.6. The number of aryl methyl sites for hydroxylation is 2. The quantitative estimate of drug-likeness (QED) is 0.0873. The third kappa shape index (κ3) is 13.5. The van der Waals surface area contributed by atoms with Gasteiger partial charge in [0.05, 0.1) is 79.6 Å². The summed E-state index contributed by atoms with van der Waals surface area (Å²) in [6.07, 6.45) is 24.9. The molecule has 5 atom stereocenters. The molecule has 0 bridgehead atoms. The summed E-state index contributed by atoms with van der Waals surface area (Å²) in [6, 6.07) is 25.0. The maximum absolute atomic E-state index is 7.18. The highest BCUT2D eigenvalue weighted by Crippen LogP contribution is 2.42. The first kappa shape index (κ1) is 59.6. The van der Waals surface area contributed by atoms with Crippen LogP contribution in [0.5, 0.6) is 17.2 Å². The molecule has 3 aliphatic carbocycles. The number of nitrogens with zero attached hydrogens (tertiary/aromatic N) is 12. The van der Waals surface area contributed by atoms with Crippen molar-refractivity contribution in [2.75, 3.05) is 104 Å². The summed E-state index contributed by atoms with van der Waals surface area (Å²) in [7, 11) is 2.10. The lowest BCUT2D eigenvalue weighted by Crippen LogP contribution is -2.56. The molecule has 0 radical (unpaired) electrons. The lowest BCUT2D eigenvalue weighted by atomic mass is 9.78.